The normalized spacial score (nSPS) is 15.4. The van der Waals surface area contributed by atoms with Crippen molar-refractivity contribution in [1.82, 2.24) is 10.2 Å². The van der Waals surface area contributed by atoms with Crippen molar-refractivity contribution in [2.75, 3.05) is 13.1 Å². The SMILES string of the molecule is CC(NC(=O)/C=C/c1ccccc1)C(=O)N1CCC(Oc2cccc(C#N)c2)CC1. The number of carbonyl (C=O) groups excluding carboxylic acids is 2. The maximum Gasteiger partial charge on any atom is 0.244 e. The van der Waals surface area contributed by atoms with Gasteiger partial charge in [0.25, 0.3) is 0 Å². The van der Waals surface area contributed by atoms with Crippen LogP contribution in [0.15, 0.2) is 60.7 Å². The van der Waals surface area contributed by atoms with Crippen molar-refractivity contribution in [3.63, 3.8) is 0 Å². The minimum Gasteiger partial charge on any atom is -0.490 e. The number of benzene rings is 2. The molecule has 0 aliphatic carbocycles. The molecule has 2 aromatic carbocycles. The number of hydrogen-bond donors (Lipinski definition) is 1. The molecule has 0 aromatic heterocycles. The minimum absolute atomic E-state index is 0.00157. The molecule has 1 atom stereocenters. The lowest BCUT2D eigenvalue weighted by molar-refractivity contribution is -0.136. The van der Waals surface area contributed by atoms with Crippen LogP contribution in [0, 0.1) is 11.3 Å². The van der Waals surface area contributed by atoms with Gasteiger partial charge in [-0.1, -0.05) is 36.4 Å². The molecule has 1 saturated heterocycles. The van der Waals surface area contributed by atoms with Gasteiger partial charge in [0.15, 0.2) is 0 Å². The highest BCUT2D eigenvalue weighted by Crippen LogP contribution is 2.20. The highest BCUT2D eigenvalue weighted by atomic mass is 16.5. The third-order valence-corrected chi connectivity index (χ3v) is 4.98. The molecular weight excluding hydrogens is 378 g/mol. The topological polar surface area (TPSA) is 82.4 Å². The number of hydrogen-bond acceptors (Lipinski definition) is 4. The summed E-state index contributed by atoms with van der Waals surface area (Å²) in [7, 11) is 0. The molecule has 30 heavy (non-hydrogen) atoms. The Hall–Kier alpha value is -3.59. The van der Waals surface area contributed by atoms with Gasteiger partial charge in [-0.15, -0.1) is 0 Å². The van der Waals surface area contributed by atoms with Gasteiger partial charge < -0.3 is 15.0 Å². The Morgan fingerprint density at radius 3 is 2.60 bits per heavy atom. The van der Waals surface area contributed by atoms with Gasteiger partial charge in [0.2, 0.25) is 11.8 Å². The van der Waals surface area contributed by atoms with E-state index < -0.39 is 6.04 Å². The smallest absolute Gasteiger partial charge is 0.244 e. The molecule has 1 N–H and O–H groups in total. The van der Waals surface area contributed by atoms with Gasteiger partial charge in [0.05, 0.1) is 11.6 Å². The molecule has 0 bridgehead atoms. The molecule has 1 heterocycles. The van der Waals surface area contributed by atoms with Crippen LogP contribution in [0.5, 0.6) is 5.75 Å². The minimum atomic E-state index is -0.595. The van der Waals surface area contributed by atoms with E-state index in [1.807, 2.05) is 36.4 Å². The lowest BCUT2D eigenvalue weighted by atomic mass is 10.1. The number of nitrogens with zero attached hydrogens (tertiary/aromatic N) is 2. The second-order valence-corrected chi connectivity index (χ2v) is 7.26. The lowest BCUT2D eigenvalue weighted by Gasteiger charge is -2.33. The van der Waals surface area contributed by atoms with Crippen LogP contribution in [0.25, 0.3) is 6.08 Å². The molecule has 1 aliphatic heterocycles. The molecular formula is C24H25N3O3. The van der Waals surface area contributed by atoms with Crippen molar-refractivity contribution < 1.29 is 14.3 Å². The quantitative estimate of drug-likeness (QED) is 0.751. The van der Waals surface area contributed by atoms with Crippen molar-refractivity contribution in [1.29, 1.82) is 5.26 Å². The fourth-order valence-corrected chi connectivity index (χ4v) is 3.36. The summed E-state index contributed by atoms with van der Waals surface area (Å²) in [5.41, 5.74) is 1.49. The monoisotopic (exact) mass is 403 g/mol. The van der Waals surface area contributed by atoms with E-state index in [1.54, 1.807) is 36.1 Å². The first-order chi connectivity index (χ1) is 14.5. The van der Waals surface area contributed by atoms with E-state index in [1.165, 1.54) is 6.08 Å². The number of nitriles is 1. The van der Waals surface area contributed by atoms with Crippen LogP contribution in [0.2, 0.25) is 0 Å². The van der Waals surface area contributed by atoms with Crippen LogP contribution in [-0.4, -0.2) is 41.9 Å². The number of amides is 2. The first-order valence-corrected chi connectivity index (χ1v) is 10.0. The van der Waals surface area contributed by atoms with Crippen LogP contribution in [0.1, 0.15) is 30.9 Å². The van der Waals surface area contributed by atoms with Crippen LogP contribution >= 0.6 is 0 Å². The summed E-state index contributed by atoms with van der Waals surface area (Å²) in [6.07, 6.45) is 4.57. The number of rotatable bonds is 6. The van der Waals surface area contributed by atoms with Crippen molar-refractivity contribution in [3.05, 3.63) is 71.8 Å². The van der Waals surface area contributed by atoms with Gasteiger partial charge in [-0.2, -0.15) is 5.26 Å². The molecule has 3 rings (SSSR count). The van der Waals surface area contributed by atoms with Crippen LogP contribution in [0.4, 0.5) is 0 Å². The third-order valence-electron chi connectivity index (χ3n) is 4.98. The average molecular weight is 403 g/mol. The molecule has 1 aliphatic rings. The molecule has 2 aromatic rings. The van der Waals surface area contributed by atoms with Crippen LogP contribution in [0.3, 0.4) is 0 Å². The van der Waals surface area contributed by atoms with Crippen molar-refractivity contribution in [3.8, 4) is 11.8 Å². The Labute approximate surface area is 176 Å². The van der Waals surface area contributed by atoms with Crippen molar-refractivity contribution in [2.24, 2.45) is 0 Å². The van der Waals surface area contributed by atoms with Crippen molar-refractivity contribution in [2.45, 2.75) is 31.9 Å². The first-order valence-electron chi connectivity index (χ1n) is 10.0. The van der Waals surface area contributed by atoms with E-state index in [0.29, 0.717) is 37.2 Å². The summed E-state index contributed by atoms with van der Waals surface area (Å²) in [5, 5.41) is 11.7. The number of nitrogens with one attached hydrogen (secondary N) is 1. The molecule has 2 amide bonds. The molecule has 6 nitrogen and oxygen atoms in total. The average Bonchev–Trinajstić information content (AvgIpc) is 2.78. The maximum atomic E-state index is 12.7. The lowest BCUT2D eigenvalue weighted by Crippen LogP contribution is -2.50. The predicted octanol–water partition coefficient (Wildman–Crippen LogP) is 3.15. The van der Waals surface area contributed by atoms with Gasteiger partial charge in [0.1, 0.15) is 17.9 Å². The maximum absolute atomic E-state index is 12.7. The van der Waals surface area contributed by atoms with Gasteiger partial charge in [-0.3, -0.25) is 9.59 Å². The van der Waals surface area contributed by atoms with E-state index in [9.17, 15) is 9.59 Å². The summed E-state index contributed by atoms with van der Waals surface area (Å²) in [5.74, 6) is 0.279. The highest BCUT2D eigenvalue weighted by Gasteiger charge is 2.27. The zero-order valence-corrected chi connectivity index (χ0v) is 17.0. The Kier molecular flexibility index (Phi) is 7.23. The second-order valence-electron chi connectivity index (χ2n) is 7.26. The fraction of sp³-hybridized carbons (Fsp3) is 0.292. The van der Waals surface area contributed by atoms with Crippen LogP contribution in [-0.2, 0) is 9.59 Å². The third kappa shape index (κ3) is 5.95. The van der Waals surface area contributed by atoms with Gasteiger partial charge in [-0.25, -0.2) is 0 Å². The van der Waals surface area contributed by atoms with E-state index >= 15 is 0 Å². The highest BCUT2D eigenvalue weighted by molar-refractivity contribution is 5.95. The number of piperidine rings is 1. The summed E-state index contributed by atoms with van der Waals surface area (Å²) >= 11 is 0. The number of likely N-dealkylation sites (tertiary alicyclic amines) is 1. The Morgan fingerprint density at radius 2 is 1.90 bits per heavy atom. The zero-order valence-electron chi connectivity index (χ0n) is 17.0. The number of carbonyl (C=O) groups is 2. The molecule has 1 unspecified atom stereocenters. The Morgan fingerprint density at radius 1 is 1.17 bits per heavy atom. The fourth-order valence-electron chi connectivity index (χ4n) is 3.36. The molecule has 154 valence electrons. The van der Waals surface area contributed by atoms with Crippen LogP contribution < -0.4 is 10.1 Å². The molecule has 0 spiro atoms. The second kappa shape index (κ2) is 10.3. The van der Waals surface area contributed by atoms with Gasteiger partial charge >= 0.3 is 0 Å². The first kappa shape index (κ1) is 21.1. The van der Waals surface area contributed by atoms with E-state index in [4.69, 9.17) is 10.00 Å². The summed E-state index contributed by atoms with van der Waals surface area (Å²) in [6.45, 7) is 2.84. The molecule has 6 heteroatoms. The molecule has 0 radical (unpaired) electrons. The van der Waals surface area contributed by atoms with E-state index in [2.05, 4.69) is 11.4 Å². The summed E-state index contributed by atoms with van der Waals surface area (Å²) in [6, 6.07) is 18.1. The summed E-state index contributed by atoms with van der Waals surface area (Å²) in [4.78, 5) is 26.5. The van der Waals surface area contributed by atoms with Gasteiger partial charge in [0, 0.05) is 32.0 Å². The van der Waals surface area contributed by atoms with Gasteiger partial charge in [-0.05, 0) is 36.8 Å². The Balaban J connectivity index is 1.45. The standard InChI is InChI=1S/C24H25N3O3/c1-18(26-23(28)11-10-19-6-3-2-4-7-19)24(29)27-14-12-21(13-15-27)30-22-9-5-8-20(16-22)17-25/h2-11,16,18,21H,12-15H2,1H3,(H,26,28)/b11-10+. The zero-order chi connectivity index (χ0) is 21.3. The van der Waals surface area contributed by atoms with E-state index in [0.717, 1.165) is 5.56 Å². The number of ether oxygens (including phenoxy) is 1. The van der Waals surface area contributed by atoms with Crippen molar-refractivity contribution >= 4 is 17.9 Å². The Bertz CT molecular complexity index is 942. The largest absolute Gasteiger partial charge is 0.490 e. The predicted molar refractivity (Wildman–Crippen MR) is 114 cm³/mol. The summed E-state index contributed by atoms with van der Waals surface area (Å²) < 4.78 is 5.96. The van der Waals surface area contributed by atoms with E-state index in [-0.39, 0.29) is 17.9 Å². The molecule has 1 fully saturated rings. The molecule has 0 saturated carbocycles.